The second-order valence-electron chi connectivity index (χ2n) is 6.95. The van der Waals surface area contributed by atoms with Gasteiger partial charge in [-0.15, -0.1) is 0 Å². The van der Waals surface area contributed by atoms with E-state index in [1.54, 1.807) is 63.0 Å². The van der Waals surface area contributed by atoms with Gasteiger partial charge in [-0.25, -0.2) is 0 Å². The minimum Gasteiger partial charge on any atom is -0.507 e. The molecule has 0 saturated carbocycles. The Kier molecular flexibility index (Phi) is 9.03. The van der Waals surface area contributed by atoms with E-state index in [-0.39, 0.29) is 34.0 Å². The molecule has 0 saturated heterocycles. The molecule has 0 aliphatic carbocycles. The van der Waals surface area contributed by atoms with Crippen molar-refractivity contribution in [3.63, 3.8) is 0 Å². The van der Waals surface area contributed by atoms with Gasteiger partial charge in [-0.05, 0) is 24.3 Å². The van der Waals surface area contributed by atoms with Crippen LogP contribution in [-0.4, -0.2) is 50.0 Å². The van der Waals surface area contributed by atoms with E-state index in [4.69, 9.17) is 9.47 Å². The third-order valence-corrected chi connectivity index (χ3v) is 3.97. The normalized spacial score (nSPS) is 11.6. The van der Waals surface area contributed by atoms with Crippen molar-refractivity contribution in [3.05, 3.63) is 47.5 Å². The standard InChI is InChI=1S/C21H26N2O4.Cu/c1-21(2,13-22-11-15-5-7-17(26-3)9-19(15)24)14-23-12-16-6-8-18(27-4)10-20(16)25;/h5-12,24-25H,13-14H2,1-4H3;/i;1+3. The molecular weight excluding hydrogens is 411 g/mol. The minimum atomic E-state index is -0.169. The number of hydrogen-bond donors (Lipinski definition) is 2. The number of phenolic OH excluding ortho intramolecular Hbond substituents is 2. The summed E-state index contributed by atoms with van der Waals surface area (Å²) in [5.41, 5.74) is 1.11. The zero-order valence-corrected chi connectivity index (χ0v) is 17.4. The first kappa shape index (κ1) is 23.5. The van der Waals surface area contributed by atoms with E-state index < -0.39 is 0 Å². The summed E-state index contributed by atoms with van der Waals surface area (Å²) in [6, 6.07) is 10.2. The van der Waals surface area contributed by atoms with Gasteiger partial charge in [0.05, 0.1) is 14.2 Å². The molecule has 2 aromatic rings. The molecule has 0 amide bonds. The Morgan fingerprint density at radius 1 is 0.821 bits per heavy atom. The fourth-order valence-corrected chi connectivity index (χ4v) is 2.35. The van der Waals surface area contributed by atoms with Crippen LogP contribution in [0.25, 0.3) is 0 Å². The number of phenols is 2. The van der Waals surface area contributed by atoms with Crippen molar-refractivity contribution in [2.24, 2.45) is 15.4 Å². The molecule has 0 heterocycles. The summed E-state index contributed by atoms with van der Waals surface area (Å²) in [5.74, 6) is 1.45. The number of methoxy groups -OCH3 is 2. The predicted octanol–water partition coefficient (Wildman–Crippen LogP) is 3.68. The number of ether oxygens (including phenoxy) is 2. The van der Waals surface area contributed by atoms with Gasteiger partial charge in [0.2, 0.25) is 0 Å². The zero-order valence-electron chi connectivity index (χ0n) is 16.4. The van der Waals surface area contributed by atoms with E-state index in [0.717, 1.165) is 0 Å². The first-order valence-electron chi connectivity index (χ1n) is 8.58. The van der Waals surface area contributed by atoms with Crippen LogP contribution >= 0.6 is 0 Å². The van der Waals surface area contributed by atoms with Crippen LogP contribution in [0, 0.1) is 5.41 Å². The summed E-state index contributed by atoms with van der Waals surface area (Å²) in [7, 11) is 3.11. The van der Waals surface area contributed by atoms with Gasteiger partial charge in [0.1, 0.15) is 23.0 Å². The maximum atomic E-state index is 9.96. The molecule has 0 bridgehead atoms. The third kappa shape index (κ3) is 6.91. The number of hydrogen-bond acceptors (Lipinski definition) is 6. The number of nitrogens with zero attached hydrogens (tertiary/aromatic N) is 2. The monoisotopic (exact) mass is 437 g/mol. The van der Waals surface area contributed by atoms with Gasteiger partial charge in [0.25, 0.3) is 0 Å². The third-order valence-electron chi connectivity index (χ3n) is 3.97. The van der Waals surface area contributed by atoms with Crippen molar-refractivity contribution in [2.45, 2.75) is 13.8 Å². The summed E-state index contributed by atoms with van der Waals surface area (Å²) in [6.07, 6.45) is 3.30. The van der Waals surface area contributed by atoms with E-state index >= 15 is 0 Å². The molecule has 2 aromatic carbocycles. The average molecular weight is 437 g/mol. The van der Waals surface area contributed by atoms with Gasteiger partial charge >= 0.3 is 0 Å². The van der Waals surface area contributed by atoms with E-state index in [0.29, 0.717) is 35.7 Å². The van der Waals surface area contributed by atoms with Gasteiger partial charge < -0.3 is 19.7 Å². The Morgan fingerprint density at radius 3 is 1.54 bits per heavy atom. The maximum absolute atomic E-state index is 9.96. The molecule has 155 valence electrons. The Morgan fingerprint density at radius 2 is 1.21 bits per heavy atom. The van der Waals surface area contributed by atoms with Crippen molar-refractivity contribution in [2.75, 3.05) is 27.3 Å². The van der Waals surface area contributed by atoms with Gasteiger partial charge in [0.15, 0.2) is 0 Å². The van der Waals surface area contributed by atoms with Crippen molar-refractivity contribution in [1.29, 1.82) is 0 Å². The maximum Gasteiger partial charge on any atom is 0.128 e. The molecule has 0 aliphatic rings. The quantitative estimate of drug-likeness (QED) is 0.488. The average Bonchev–Trinajstić information content (AvgIpc) is 2.64. The predicted molar refractivity (Wildman–Crippen MR) is 108 cm³/mol. The molecule has 1 radical (unpaired) electrons. The molecule has 6 nitrogen and oxygen atoms in total. The van der Waals surface area contributed by atoms with Crippen LogP contribution < -0.4 is 9.47 Å². The van der Waals surface area contributed by atoms with Crippen LogP contribution in [0.4, 0.5) is 0 Å². The van der Waals surface area contributed by atoms with E-state index in [9.17, 15) is 10.2 Å². The molecule has 7 heteroatoms. The Balaban J connectivity index is 0.00000392. The Labute approximate surface area is 176 Å². The molecule has 0 spiro atoms. The summed E-state index contributed by atoms with van der Waals surface area (Å²) in [5, 5.41) is 19.9. The van der Waals surface area contributed by atoms with Crippen LogP contribution in [0.5, 0.6) is 23.0 Å². The largest absolute Gasteiger partial charge is 0.507 e. The Hall–Kier alpha value is -2.50. The topological polar surface area (TPSA) is 83.6 Å². The van der Waals surface area contributed by atoms with Crippen LogP contribution in [0.3, 0.4) is 0 Å². The molecule has 28 heavy (non-hydrogen) atoms. The molecule has 0 aliphatic heterocycles. The summed E-state index contributed by atoms with van der Waals surface area (Å²) < 4.78 is 10.1. The number of aromatic hydroxyl groups is 2. The molecule has 0 unspecified atom stereocenters. The number of rotatable bonds is 8. The fourth-order valence-electron chi connectivity index (χ4n) is 2.35. The summed E-state index contributed by atoms with van der Waals surface area (Å²) in [4.78, 5) is 8.86. The summed E-state index contributed by atoms with van der Waals surface area (Å²) in [6.45, 7) is 5.21. The Bertz CT molecular complexity index is 768. The van der Waals surface area contributed by atoms with Crippen molar-refractivity contribution >= 4 is 12.4 Å². The first-order valence-corrected chi connectivity index (χ1v) is 8.58. The number of aliphatic imine (C=N–C) groups is 2. The van der Waals surface area contributed by atoms with Gasteiger partial charge in [-0.1, -0.05) is 13.8 Å². The fraction of sp³-hybridized carbons (Fsp3) is 0.333. The van der Waals surface area contributed by atoms with Crippen LogP contribution in [0.1, 0.15) is 25.0 Å². The van der Waals surface area contributed by atoms with Crippen LogP contribution in [-0.2, 0) is 17.1 Å². The van der Waals surface area contributed by atoms with Crippen molar-refractivity contribution in [3.8, 4) is 23.0 Å². The SMILES string of the molecule is COc1ccc(C=NCC(C)(C)CN=Cc2ccc(OC)cc2O)c(O)c1.[67Cu]. The molecule has 0 fully saturated rings. The van der Waals surface area contributed by atoms with Gasteiger partial charge in [-0.2, -0.15) is 0 Å². The molecule has 2 N–H and O–H groups in total. The molecular formula is C21H26CuN2O4. The number of benzene rings is 2. The second-order valence-corrected chi connectivity index (χ2v) is 6.95. The first-order chi connectivity index (χ1) is 12.8. The van der Waals surface area contributed by atoms with Gasteiger partial charge in [-0.3, -0.25) is 9.98 Å². The van der Waals surface area contributed by atoms with E-state index in [1.807, 2.05) is 0 Å². The summed E-state index contributed by atoms with van der Waals surface area (Å²) >= 11 is 0. The smallest absolute Gasteiger partial charge is 0.128 e. The zero-order chi connectivity index (χ0) is 19.9. The minimum absolute atomic E-state index is 0. The molecule has 0 aromatic heterocycles. The van der Waals surface area contributed by atoms with E-state index in [1.165, 1.54) is 0 Å². The van der Waals surface area contributed by atoms with Crippen LogP contribution in [0.2, 0.25) is 0 Å². The van der Waals surface area contributed by atoms with Crippen molar-refractivity contribution in [1.82, 2.24) is 0 Å². The van der Waals surface area contributed by atoms with Crippen molar-refractivity contribution < 1.29 is 36.8 Å². The van der Waals surface area contributed by atoms with E-state index in [2.05, 4.69) is 23.8 Å². The molecule has 0 atom stereocenters. The van der Waals surface area contributed by atoms with Gasteiger partial charge in [0, 0.05) is 71.3 Å². The van der Waals surface area contributed by atoms with Crippen LogP contribution in [0.15, 0.2) is 46.4 Å². The second kappa shape index (κ2) is 10.7. The molecule has 2 rings (SSSR count).